The average Bonchev–Trinajstić information content (AvgIpc) is 2.91. The molecule has 0 radical (unpaired) electrons. The van der Waals surface area contributed by atoms with Gasteiger partial charge in [0.1, 0.15) is 29.6 Å². The number of nitrogens with zero attached hydrogens (tertiary/aromatic N) is 1. The molecule has 0 fully saturated rings. The maximum Gasteiger partial charge on any atom is 0.338 e. The summed E-state index contributed by atoms with van der Waals surface area (Å²) in [7, 11) is 0. The van der Waals surface area contributed by atoms with Gasteiger partial charge < -0.3 is 18.6 Å². The second-order valence-electron chi connectivity index (χ2n) is 8.85. The molecule has 3 aromatic carbocycles. The lowest BCUT2D eigenvalue weighted by atomic mass is 10.1. The number of esters is 1. The highest BCUT2D eigenvalue weighted by Gasteiger charge is 2.24. The second-order valence-corrected chi connectivity index (χ2v) is 9.26. The molecule has 37 heavy (non-hydrogen) atoms. The molecular formula is C29H26ClNO6. The number of carbonyl (C=O) groups is 1. The van der Waals surface area contributed by atoms with Crippen LogP contribution in [0.1, 0.15) is 40.6 Å². The Bertz CT molecular complexity index is 1510. The minimum atomic E-state index is -0.398. The molecule has 8 heteroatoms. The Morgan fingerprint density at radius 3 is 2.62 bits per heavy atom. The fourth-order valence-corrected chi connectivity index (χ4v) is 4.44. The van der Waals surface area contributed by atoms with Crippen molar-refractivity contribution in [3.05, 3.63) is 98.4 Å². The lowest BCUT2D eigenvalue weighted by molar-refractivity contribution is 0.0505. The lowest BCUT2D eigenvalue weighted by Crippen LogP contribution is -2.32. The van der Waals surface area contributed by atoms with E-state index in [1.165, 1.54) is 0 Å². The molecule has 7 nitrogen and oxygen atoms in total. The maximum atomic E-state index is 13.4. The van der Waals surface area contributed by atoms with Crippen LogP contribution in [0.3, 0.4) is 0 Å². The number of rotatable bonds is 7. The van der Waals surface area contributed by atoms with Gasteiger partial charge in [0, 0.05) is 18.1 Å². The first-order valence-corrected chi connectivity index (χ1v) is 12.4. The highest BCUT2D eigenvalue weighted by molar-refractivity contribution is 6.31. The van der Waals surface area contributed by atoms with Crippen molar-refractivity contribution in [1.29, 1.82) is 0 Å². The Morgan fingerprint density at radius 2 is 1.86 bits per heavy atom. The highest BCUT2D eigenvalue weighted by Crippen LogP contribution is 2.35. The van der Waals surface area contributed by atoms with E-state index in [9.17, 15) is 9.59 Å². The highest BCUT2D eigenvalue weighted by atomic mass is 35.5. The summed E-state index contributed by atoms with van der Waals surface area (Å²) in [6.07, 6.45) is 0.749. The molecule has 4 aromatic rings. The average molecular weight is 520 g/mol. The van der Waals surface area contributed by atoms with E-state index in [4.69, 9.17) is 30.2 Å². The second kappa shape index (κ2) is 10.7. The molecule has 1 aliphatic rings. The van der Waals surface area contributed by atoms with Gasteiger partial charge in [-0.2, -0.15) is 0 Å². The van der Waals surface area contributed by atoms with E-state index in [1.807, 2.05) is 31.2 Å². The summed E-state index contributed by atoms with van der Waals surface area (Å²) in [5, 5.41) is 1.10. The summed E-state index contributed by atoms with van der Waals surface area (Å²) in [6.45, 7) is 5.52. The van der Waals surface area contributed by atoms with Gasteiger partial charge in [-0.3, -0.25) is 9.69 Å². The number of benzene rings is 3. The Morgan fingerprint density at radius 1 is 1.08 bits per heavy atom. The summed E-state index contributed by atoms with van der Waals surface area (Å²) in [5.74, 6) is 1.14. The van der Waals surface area contributed by atoms with Crippen molar-refractivity contribution in [2.75, 3.05) is 13.3 Å². The monoisotopic (exact) mass is 519 g/mol. The summed E-state index contributed by atoms with van der Waals surface area (Å²) in [5.41, 5.74) is 2.41. The van der Waals surface area contributed by atoms with E-state index >= 15 is 0 Å². The number of ether oxygens (including phenoxy) is 3. The van der Waals surface area contributed by atoms with Crippen LogP contribution in [0.25, 0.3) is 11.0 Å². The van der Waals surface area contributed by atoms with Gasteiger partial charge in [-0.05, 0) is 61.4 Å². The van der Waals surface area contributed by atoms with E-state index in [2.05, 4.69) is 4.90 Å². The standard InChI is InChI=1S/C29H26ClNO6/c1-3-14-34-29(33)19-8-10-21(11-9-19)37-27-18(2)36-28-22(26(27)32)12-13-25-23(28)16-31(17-35-25)15-20-6-4-5-7-24(20)30/h4-13H,3,14-17H2,1-2H3. The SMILES string of the molecule is CCCOC(=O)c1ccc(Oc2c(C)oc3c4c(ccc3c2=O)OCN(Cc2ccccc2Cl)C4)cc1. The Hall–Kier alpha value is -3.81. The van der Waals surface area contributed by atoms with Gasteiger partial charge in [0.25, 0.3) is 0 Å². The third kappa shape index (κ3) is 5.19. The van der Waals surface area contributed by atoms with E-state index in [0.29, 0.717) is 65.2 Å². The van der Waals surface area contributed by atoms with Crippen LogP contribution in [0.2, 0.25) is 5.02 Å². The van der Waals surface area contributed by atoms with Gasteiger partial charge >= 0.3 is 5.97 Å². The van der Waals surface area contributed by atoms with Crippen molar-refractivity contribution in [3.8, 4) is 17.2 Å². The normalized spacial score (nSPS) is 13.2. The lowest BCUT2D eigenvalue weighted by Gasteiger charge is -2.29. The summed E-state index contributed by atoms with van der Waals surface area (Å²) < 4.78 is 23.2. The Kier molecular flexibility index (Phi) is 7.17. The molecule has 0 saturated heterocycles. The fraction of sp³-hybridized carbons (Fsp3) is 0.241. The molecule has 0 aliphatic carbocycles. The number of hydrogen-bond donors (Lipinski definition) is 0. The van der Waals surface area contributed by atoms with E-state index in [1.54, 1.807) is 43.3 Å². The third-order valence-corrected chi connectivity index (χ3v) is 6.50. The van der Waals surface area contributed by atoms with Crippen LogP contribution in [-0.4, -0.2) is 24.2 Å². The van der Waals surface area contributed by atoms with Crippen molar-refractivity contribution in [2.45, 2.75) is 33.4 Å². The number of carbonyl (C=O) groups excluding carboxylic acids is 1. The van der Waals surface area contributed by atoms with Crippen LogP contribution >= 0.6 is 11.6 Å². The van der Waals surface area contributed by atoms with Gasteiger partial charge in [-0.1, -0.05) is 36.7 Å². The predicted molar refractivity (Wildman–Crippen MR) is 141 cm³/mol. The maximum absolute atomic E-state index is 13.4. The Balaban J connectivity index is 1.41. The van der Waals surface area contributed by atoms with Crippen molar-refractivity contribution in [2.24, 2.45) is 0 Å². The van der Waals surface area contributed by atoms with E-state index < -0.39 is 5.97 Å². The van der Waals surface area contributed by atoms with Gasteiger partial charge in [-0.15, -0.1) is 0 Å². The first-order chi connectivity index (χ1) is 17.9. The molecule has 1 aromatic heterocycles. The molecule has 0 amide bonds. The quantitative estimate of drug-likeness (QED) is 0.259. The minimum Gasteiger partial charge on any atom is -0.478 e. The molecule has 0 saturated carbocycles. The van der Waals surface area contributed by atoms with Gasteiger partial charge in [0.2, 0.25) is 11.2 Å². The molecule has 0 N–H and O–H groups in total. The molecule has 0 spiro atoms. The van der Waals surface area contributed by atoms with Crippen LogP contribution in [0.4, 0.5) is 0 Å². The van der Waals surface area contributed by atoms with Crippen molar-refractivity contribution >= 4 is 28.5 Å². The summed E-state index contributed by atoms with van der Waals surface area (Å²) in [4.78, 5) is 27.6. The first-order valence-electron chi connectivity index (χ1n) is 12.1. The zero-order chi connectivity index (χ0) is 25.9. The van der Waals surface area contributed by atoms with E-state index in [-0.39, 0.29) is 11.2 Å². The van der Waals surface area contributed by atoms with Crippen LogP contribution in [0.5, 0.6) is 17.2 Å². The third-order valence-electron chi connectivity index (χ3n) is 6.13. The molecule has 1 aliphatic heterocycles. The summed E-state index contributed by atoms with van der Waals surface area (Å²) >= 11 is 6.34. The summed E-state index contributed by atoms with van der Waals surface area (Å²) in [6, 6.07) is 17.6. The molecule has 0 bridgehead atoms. The van der Waals surface area contributed by atoms with Crippen LogP contribution < -0.4 is 14.9 Å². The molecule has 2 heterocycles. The fourth-order valence-electron chi connectivity index (χ4n) is 4.24. The van der Waals surface area contributed by atoms with Gasteiger partial charge in [0.15, 0.2) is 0 Å². The molecule has 190 valence electrons. The molecule has 0 unspecified atom stereocenters. The largest absolute Gasteiger partial charge is 0.478 e. The zero-order valence-corrected chi connectivity index (χ0v) is 21.3. The predicted octanol–water partition coefficient (Wildman–Crippen LogP) is 6.47. The van der Waals surface area contributed by atoms with Crippen molar-refractivity contribution in [1.82, 2.24) is 4.90 Å². The number of hydrogen-bond acceptors (Lipinski definition) is 7. The first kappa shape index (κ1) is 24.9. The van der Waals surface area contributed by atoms with Gasteiger partial charge in [0.05, 0.1) is 23.1 Å². The van der Waals surface area contributed by atoms with Crippen LogP contribution in [0.15, 0.2) is 69.9 Å². The number of fused-ring (bicyclic) bond motifs is 3. The minimum absolute atomic E-state index is 0.0958. The molecule has 0 atom stereocenters. The smallest absolute Gasteiger partial charge is 0.338 e. The van der Waals surface area contributed by atoms with Crippen LogP contribution in [-0.2, 0) is 17.8 Å². The van der Waals surface area contributed by atoms with Crippen molar-refractivity contribution in [3.63, 3.8) is 0 Å². The van der Waals surface area contributed by atoms with Crippen LogP contribution in [0, 0.1) is 6.92 Å². The number of aryl methyl sites for hydroxylation is 1. The molecule has 5 rings (SSSR count). The van der Waals surface area contributed by atoms with Gasteiger partial charge in [-0.25, -0.2) is 4.79 Å². The van der Waals surface area contributed by atoms with Crippen molar-refractivity contribution < 1.29 is 23.4 Å². The topological polar surface area (TPSA) is 78.2 Å². The number of halogens is 1. The Labute approximate surface area is 219 Å². The zero-order valence-electron chi connectivity index (χ0n) is 20.6. The molecular weight excluding hydrogens is 494 g/mol. The van der Waals surface area contributed by atoms with E-state index in [0.717, 1.165) is 17.5 Å².